The molecule has 8 rings (SSSR count). The predicted octanol–water partition coefficient (Wildman–Crippen LogP) is 7.72. The minimum absolute atomic E-state index is 0.0220. The van der Waals surface area contributed by atoms with Crippen LogP contribution in [0.15, 0.2) is 129 Å². The minimum Gasteiger partial charge on any atom is -0.493 e. The number of amides is 1. The molecule has 1 amide bonds. The second-order valence-electron chi connectivity index (χ2n) is 14.3. The number of nitro groups is 1. The second kappa shape index (κ2) is 14.5. The second-order valence-corrected chi connectivity index (χ2v) is 17.8. The fourth-order valence-corrected chi connectivity index (χ4v) is 9.42. The highest BCUT2D eigenvalue weighted by molar-refractivity contribution is 7.91. The van der Waals surface area contributed by atoms with E-state index in [0.717, 1.165) is 11.6 Å². The molecule has 2 aliphatic heterocycles. The minimum atomic E-state index is -4.56. The number of hydrogen-bond donors (Lipinski definition) is 1. The van der Waals surface area contributed by atoms with Crippen LogP contribution in [0.5, 0.6) is 11.5 Å². The van der Waals surface area contributed by atoms with E-state index in [-0.39, 0.29) is 44.3 Å². The summed E-state index contributed by atoms with van der Waals surface area (Å²) in [5, 5.41) is 19.3. The average molecular weight is 833 g/mol. The molecule has 59 heavy (non-hydrogen) atoms. The van der Waals surface area contributed by atoms with Crippen molar-refractivity contribution in [3.63, 3.8) is 0 Å². The Hall–Kier alpha value is -6.85. The zero-order valence-corrected chi connectivity index (χ0v) is 33.9. The number of carbonyl (C=O) groups excluding carboxylic acids is 1. The van der Waals surface area contributed by atoms with Gasteiger partial charge in [0.15, 0.2) is 17.3 Å². The summed E-state index contributed by atoms with van der Waals surface area (Å²) in [6, 6.07) is 27.6. The van der Waals surface area contributed by atoms with E-state index in [0.29, 0.717) is 39.7 Å². The summed E-state index contributed by atoms with van der Waals surface area (Å²) >= 11 is 0. The highest BCUT2D eigenvalue weighted by Crippen LogP contribution is 2.49. The third kappa shape index (κ3) is 6.76. The van der Waals surface area contributed by atoms with Crippen molar-refractivity contribution in [2.24, 2.45) is 4.99 Å². The van der Waals surface area contributed by atoms with Crippen molar-refractivity contribution >= 4 is 54.6 Å². The molecule has 0 bridgehead atoms. The van der Waals surface area contributed by atoms with E-state index in [9.17, 15) is 31.7 Å². The Balaban J connectivity index is 1.21. The van der Waals surface area contributed by atoms with Gasteiger partial charge in [0.2, 0.25) is 15.7 Å². The summed E-state index contributed by atoms with van der Waals surface area (Å²) < 4.78 is 66.7. The first-order chi connectivity index (χ1) is 28.1. The van der Waals surface area contributed by atoms with Crippen molar-refractivity contribution in [3.05, 3.63) is 147 Å². The Morgan fingerprint density at radius 1 is 0.831 bits per heavy atom. The zero-order valence-electron chi connectivity index (χ0n) is 32.3. The molecule has 0 spiro atoms. The van der Waals surface area contributed by atoms with Crippen molar-refractivity contribution in [2.45, 2.75) is 54.3 Å². The van der Waals surface area contributed by atoms with Gasteiger partial charge in [0, 0.05) is 17.2 Å². The van der Waals surface area contributed by atoms with Crippen molar-refractivity contribution in [3.8, 4) is 17.2 Å². The first kappa shape index (κ1) is 39.0. The van der Waals surface area contributed by atoms with Gasteiger partial charge < -0.3 is 19.1 Å². The molecule has 1 atom stereocenters. The molecule has 17 heteroatoms. The molecule has 5 aromatic carbocycles. The third-order valence-electron chi connectivity index (χ3n) is 10.3. The van der Waals surface area contributed by atoms with E-state index < -0.39 is 41.7 Å². The lowest BCUT2D eigenvalue weighted by molar-refractivity contribution is -0.385. The van der Waals surface area contributed by atoms with Gasteiger partial charge in [-0.1, -0.05) is 50.2 Å². The summed E-state index contributed by atoms with van der Waals surface area (Å²) in [6.07, 6.45) is 0. The largest absolute Gasteiger partial charge is 0.493 e. The number of sulfone groups is 1. The molecule has 6 aromatic rings. The highest BCUT2D eigenvalue weighted by atomic mass is 32.2. The van der Waals surface area contributed by atoms with Crippen LogP contribution in [0, 0.1) is 24.0 Å². The average Bonchev–Trinajstić information content (AvgIpc) is 3.55. The van der Waals surface area contributed by atoms with Crippen LogP contribution in [0.2, 0.25) is 0 Å². The first-order valence-corrected chi connectivity index (χ1v) is 21.2. The molecule has 0 saturated heterocycles. The molecule has 0 radical (unpaired) electrons. The fraction of sp³-hybridized carbons (Fsp3) is 0.167. The fourth-order valence-electron chi connectivity index (χ4n) is 7.20. The van der Waals surface area contributed by atoms with Gasteiger partial charge in [-0.2, -0.15) is 13.5 Å². The molecule has 0 aliphatic carbocycles. The predicted molar refractivity (Wildman–Crippen MR) is 219 cm³/mol. The summed E-state index contributed by atoms with van der Waals surface area (Å²) in [7, 11) is -7.05. The lowest BCUT2D eigenvalue weighted by Crippen LogP contribution is -2.48. The Morgan fingerprint density at radius 3 is 2.15 bits per heavy atom. The number of aryl methyl sites for hydroxylation is 2. The van der Waals surface area contributed by atoms with Gasteiger partial charge in [-0.25, -0.2) is 18.1 Å². The number of ether oxygens (including phenoxy) is 1. The molecule has 2 aliphatic rings. The number of benzene rings is 5. The molecule has 0 saturated carbocycles. The maximum absolute atomic E-state index is 13.8. The van der Waals surface area contributed by atoms with Gasteiger partial charge in [-0.05, 0) is 97.6 Å². The number of amidine groups is 1. The number of nitrogens with zero attached hydrogens (tertiary/aromatic N) is 5. The molecule has 0 fully saturated rings. The zero-order chi connectivity index (χ0) is 42.0. The lowest BCUT2D eigenvalue weighted by Gasteiger charge is -2.40. The van der Waals surface area contributed by atoms with Crippen molar-refractivity contribution < 1.29 is 35.5 Å². The number of nitrogens with one attached hydrogen (secondary N) is 1. The molecule has 3 heterocycles. The number of aliphatic imine (C=N–C) groups is 1. The van der Waals surface area contributed by atoms with E-state index in [4.69, 9.17) is 19.0 Å². The van der Waals surface area contributed by atoms with Gasteiger partial charge in [-0.15, -0.1) is 0 Å². The van der Waals surface area contributed by atoms with Crippen LogP contribution in [0.4, 0.5) is 22.9 Å². The molecule has 0 unspecified atom stereocenters. The number of hydrogen-bond acceptors (Lipinski definition) is 12. The van der Waals surface area contributed by atoms with E-state index >= 15 is 0 Å². The van der Waals surface area contributed by atoms with Crippen LogP contribution in [-0.4, -0.2) is 50.4 Å². The van der Waals surface area contributed by atoms with Gasteiger partial charge in [-0.3, -0.25) is 14.9 Å². The molecular weight excluding hydrogens is 797 g/mol. The number of aromatic nitrogens is 2. The van der Waals surface area contributed by atoms with E-state index in [1.165, 1.54) is 44.4 Å². The molecular formula is C42H36N6O9S2. The van der Waals surface area contributed by atoms with E-state index in [1.807, 2.05) is 38.1 Å². The van der Waals surface area contributed by atoms with Gasteiger partial charge in [0.1, 0.15) is 4.90 Å². The van der Waals surface area contributed by atoms with Gasteiger partial charge >= 0.3 is 10.1 Å². The Bertz CT molecular complexity index is 2960. The lowest BCUT2D eigenvalue weighted by atomic mass is 9.93. The number of nitro benzene ring substituents is 1. The highest BCUT2D eigenvalue weighted by Gasteiger charge is 2.43. The van der Waals surface area contributed by atoms with Crippen LogP contribution in [0.1, 0.15) is 53.8 Å². The smallest absolute Gasteiger partial charge is 0.339 e. The SMILES string of the molecule is COc1cc([C@@H]2c3c(C)nn(-c4ccc(S(=O)(=O)c5ccc(C(C)C)cc5)cc4)c3N=C3C(=O)Nc4ccccc4N32)ccc1OS(=O)(=O)c1ccc(C)c([N+](=O)[O-])c1. The standard InChI is InChI=1S/C42H36N6O9S2/c1-24(2)27-11-17-30(18-12-27)58(52,53)31-19-14-29(15-20-31)47-40-38(26(4)45-47)39(46-34-9-7-6-8-33(34)43-42(49)41(46)44-40)28-13-21-36(37(22-28)56-5)57-59(54,55)32-16-10-25(3)35(23-32)48(50)51/h6-24,39H,1-5H3,(H,43,49)/t39-/m1/s1. The van der Waals surface area contributed by atoms with Crippen LogP contribution < -0.4 is 19.1 Å². The van der Waals surface area contributed by atoms with Gasteiger partial charge in [0.05, 0.1) is 50.6 Å². The third-order valence-corrected chi connectivity index (χ3v) is 13.3. The van der Waals surface area contributed by atoms with Crippen LogP contribution in [-0.2, 0) is 24.7 Å². The van der Waals surface area contributed by atoms with Crippen LogP contribution in [0.3, 0.4) is 0 Å². The quantitative estimate of drug-likeness (QED) is 0.0807. The molecule has 15 nitrogen and oxygen atoms in total. The van der Waals surface area contributed by atoms with Gasteiger partial charge in [0.25, 0.3) is 11.6 Å². The van der Waals surface area contributed by atoms with Crippen LogP contribution >= 0.6 is 0 Å². The Kier molecular flexibility index (Phi) is 9.59. The molecule has 1 N–H and O–H groups in total. The first-order valence-electron chi connectivity index (χ1n) is 18.3. The number of fused-ring (bicyclic) bond motifs is 4. The van der Waals surface area contributed by atoms with E-state index in [1.54, 1.807) is 65.0 Å². The maximum atomic E-state index is 13.8. The van der Waals surface area contributed by atoms with E-state index in [2.05, 4.69) is 5.32 Å². The topological polar surface area (TPSA) is 192 Å². The van der Waals surface area contributed by atoms with Crippen molar-refractivity contribution in [2.75, 3.05) is 17.3 Å². The Morgan fingerprint density at radius 2 is 1.49 bits per heavy atom. The number of rotatable bonds is 10. The number of methoxy groups -OCH3 is 1. The number of para-hydroxylation sites is 2. The summed E-state index contributed by atoms with van der Waals surface area (Å²) in [6.45, 7) is 7.36. The summed E-state index contributed by atoms with van der Waals surface area (Å²) in [5.74, 6) is -0.0315. The summed E-state index contributed by atoms with van der Waals surface area (Å²) in [4.78, 5) is 31.2. The molecule has 1 aromatic heterocycles. The Labute approximate surface area is 339 Å². The monoisotopic (exact) mass is 832 g/mol. The maximum Gasteiger partial charge on any atom is 0.339 e. The van der Waals surface area contributed by atoms with Crippen molar-refractivity contribution in [1.82, 2.24) is 9.78 Å². The van der Waals surface area contributed by atoms with Crippen LogP contribution in [0.25, 0.3) is 5.69 Å². The summed E-state index contributed by atoms with van der Waals surface area (Å²) in [5.41, 5.74) is 4.28. The van der Waals surface area contributed by atoms with Crippen molar-refractivity contribution in [1.29, 1.82) is 0 Å². The molecule has 300 valence electrons. The normalized spacial score (nSPS) is 14.8. The number of anilines is 2. The number of carbonyl (C=O) groups is 1.